The average molecular weight is 293 g/mol. The Balaban J connectivity index is 1.86. The third kappa shape index (κ3) is 3.07. The smallest absolute Gasteiger partial charge is 0.139 e. The zero-order valence-electron chi connectivity index (χ0n) is 12.8. The molecule has 0 aliphatic rings. The molecule has 0 bridgehead atoms. The summed E-state index contributed by atoms with van der Waals surface area (Å²) in [5, 5.41) is 0. The highest BCUT2D eigenvalue weighted by Gasteiger charge is 2.09. The molecule has 3 aromatic rings. The van der Waals surface area contributed by atoms with E-state index in [1.165, 1.54) is 0 Å². The molecule has 3 rings (SSSR count). The van der Waals surface area contributed by atoms with Gasteiger partial charge in [-0.15, -0.1) is 0 Å². The van der Waals surface area contributed by atoms with Crippen LogP contribution in [0.25, 0.3) is 22.5 Å². The molecule has 0 saturated heterocycles. The number of aromatic nitrogens is 3. The van der Waals surface area contributed by atoms with E-state index in [1.807, 2.05) is 24.7 Å². The zero-order chi connectivity index (χ0) is 15.4. The molecule has 0 saturated carbocycles. The predicted molar refractivity (Wildman–Crippen MR) is 87.4 cm³/mol. The van der Waals surface area contributed by atoms with E-state index in [0.717, 1.165) is 29.1 Å². The summed E-state index contributed by atoms with van der Waals surface area (Å²) in [6, 6.07) is 12.4. The number of imidazole rings is 1. The van der Waals surface area contributed by atoms with Crippen LogP contribution in [0.15, 0.2) is 61.2 Å². The fourth-order valence-corrected chi connectivity index (χ4v) is 2.41. The molecule has 2 heterocycles. The van der Waals surface area contributed by atoms with Crippen molar-refractivity contribution in [1.29, 1.82) is 0 Å². The van der Waals surface area contributed by atoms with Crippen LogP contribution >= 0.6 is 0 Å². The number of pyridine rings is 1. The maximum Gasteiger partial charge on any atom is 0.139 e. The van der Waals surface area contributed by atoms with Gasteiger partial charge in [0.25, 0.3) is 0 Å². The Morgan fingerprint density at radius 1 is 1.05 bits per heavy atom. The first-order valence-corrected chi connectivity index (χ1v) is 7.32. The molecule has 1 unspecified atom stereocenters. The third-order valence-corrected chi connectivity index (χ3v) is 3.71. The Hall–Kier alpha value is -2.46. The number of benzene rings is 1. The van der Waals surface area contributed by atoms with Crippen molar-refractivity contribution in [2.75, 3.05) is 7.11 Å². The SMILES string of the molecule is COC(C)Cn1ccnc1-c1ccc(-c2cccnc2)cc1. The molecular formula is C18H19N3O. The highest BCUT2D eigenvalue weighted by atomic mass is 16.5. The third-order valence-electron chi connectivity index (χ3n) is 3.71. The van der Waals surface area contributed by atoms with Crippen molar-refractivity contribution >= 4 is 0 Å². The molecular weight excluding hydrogens is 274 g/mol. The first kappa shape index (κ1) is 14.5. The van der Waals surface area contributed by atoms with E-state index in [2.05, 4.69) is 51.8 Å². The molecule has 112 valence electrons. The van der Waals surface area contributed by atoms with E-state index in [-0.39, 0.29) is 6.10 Å². The Morgan fingerprint density at radius 2 is 1.82 bits per heavy atom. The lowest BCUT2D eigenvalue weighted by atomic mass is 10.1. The van der Waals surface area contributed by atoms with Crippen LogP contribution in [0.1, 0.15) is 6.92 Å². The summed E-state index contributed by atoms with van der Waals surface area (Å²) in [4.78, 5) is 8.63. The van der Waals surface area contributed by atoms with Crippen LogP contribution < -0.4 is 0 Å². The van der Waals surface area contributed by atoms with Gasteiger partial charge in [-0.25, -0.2) is 4.98 Å². The van der Waals surface area contributed by atoms with E-state index in [1.54, 1.807) is 13.3 Å². The maximum atomic E-state index is 5.34. The second kappa shape index (κ2) is 6.54. The minimum atomic E-state index is 0.155. The lowest BCUT2D eigenvalue weighted by Gasteiger charge is -2.13. The van der Waals surface area contributed by atoms with Crippen LogP contribution in [0.3, 0.4) is 0 Å². The summed E-state index contributed by atoms with van der Waals surface area (Å²) >= 11 is 0. The van der Waals surface area contributed by atoms with Gasteiger partial charge < -0.3 is 9.30 Å². The predicted octanol–water partition coefficient (Wildman–Crippen LogP) is 3.65. The number of nitrogens with zero attached hydrogens (tertiary/aromatic N) is 3. The normalized spacial score (nSPS) is 12.3. The second-order valence-electron chi connectivity index (χ2n) is 5.27. The van der Waals surface area contributed by atoms with Gasteiger partial charge in [-0.05, 0) is 24.1 Å². The van der Waals surface area contributed by atoms with Gasteiger partial charge in [0, 0.05) is 37.5 Å². The van der Waals surface area contributed by atoms with E-state index in [0.29, 0.717) is 0 Å². The summed E-state index contributed by atoms with van der Waals surface area (Å²) in [5.74, 6) is 0.960. The molecule has 0 amide bonds. The molecule has 0 aliphatic carbocycles. The van der Waals surface area contributed by atoms with Crippen molar-refractivity contribution < 1.29 is 4.74 Å². The summed E-state index contributed by atoms with van der Waals surface area (Å²) in [7, 11) is 1.73. The molecule has 0 spiro atoms. The quantitative estimate of drug-likeness (QED) is 0.721. The van der Waals surface area contributed by atoms with Crippen molar-refractivity contribution in [1.82, 2.24) is 14.5 Å². The average Bonchev–Trinajstić information content (AvgIpc) is 3.04. The highest BCUT2D eigenvalue weighted by Crippen LogP contribution is 2.23. The molecule has 0 fully saturated rings. The molecule has 0 radical (unpaired) electrons. The number of ether oxygens (including phenoxy) is 1. The van der Waals surface area contributed by atoms with E-state index < -0.39 is 0 Å². The molecule has 1 atom stereocenters. The Bertz CT molecular complexity index is 720. The van der Waals surface area contributed by atoms with Gasteiger partial charge in [0.15, 0.2) is 0 Å². The van der Waals surface area contributed by atoms with Crippen molar-refractivity contribution in [2.24, 2.45) is 0 Å². The van der Waals surface area contributed by atoms with E-state index in [4.69, 9.17) is 4.74 Å². The van der Waals surface area contributed by atoms with Gasteiger partial charge in [0.05, 0.1) is 12.6 Å². The van der Waals surface area contributed by atoms with Crippen molar-refractivity contribution in [3.8, 4) is 22.5 Å². The minimum absolute atomic E-state index is 0.155. The molecule has 4 nitrogen and oxygen atoms in total. The number of hydrogen-bond acceptors (Lipinski definition) is 3. The molecule has 4 heteroatoms. The van der Waals surface area contributed by atoms with Crippen LogP contribution in [0.5, 0.6) is 0 Å². The fraction of sp³-hybridized carbons (Fsp3) is 0.222. The molecule has 2 aromatic heterocycles. The number of rotatable bonds is 5. The van der Waals surface area contributed by atoms with Crippen LogP contribution in [-0.2, 0) is 11.3 Å². The number of hydrogen-bond donors (Lipinski definition) is 0. The molecule has 22 heavy (non-hydrogen) atoms. The molecule has 0 aliphatic heterocycles. The maximum absolute atomic E-state index is 5.34. The van der Waals surface area contributed by atoms with Gasteiger partial charge in [0.1, 0.15) is 5.82 Å². The first-order chi connectivity index (χ1) is 10.8. The monoisotopic (exact) mass is 293 g/mol. The van der Waals surface area contributed by atoms with Crippen LogP contribution in [0.2, 0.25) is 0 Å². The Morgan fingerprint density at radius 3 is 2.50 bits per heavy atom. The topological polar surface area (TPSA) is 39.9 Å². The summed E-state index contributed by atoms with van der Waals surface area (Å²) in [5.41, 5.74) is 3.37. The van der Waals surface area contributed by atoms with Crippen molar-refractivity contribution in [3.63, 3.8) is 0 Å². The fourth-order valence-electron chi connectivity index (χ4n) is 2.41. The highest BCUT2D eigenvalue weighted by molar-refractivity contribution is 5.67. The largest absolute Gasteiger partial charge is 0.380 e. The lowest BCUT2D eigenvalue weighted by molar-refractivity contribution is 0.103. The minimum Gasteiger partial charge on any atom is -0.380 e. The molecule has 0 N–H and O–H groups in total. The van der Waals surface area contributed by atoms with Gasteiger partial charge in [-0.3, -0.25) is 4.98 Å². The Labute approximate surface area is 130 Å². The van der Waals surface area contributed by atoms with Crippen molar-refractivity contribution in [3.05, 3.63) is 61.2 Å². The lowest BCUT2D eigenvalue weighted by Crippen LogP contribution is -2.14. The standard InChI is InChI=1S/C18H19N3O/c1-14(22-2)13-21-11-10-20-18(21)16-7-5-15(6-8-16)17-4-3-9-19-12-17/h3-12,14H,13H2,1-2H3. The van der Waals surface area contributed by atoms with Crippen LogP contribution in [0, 0.1) is 0 Å². The van der Waals surface area contributed by atoms with Gasteiger partial charge in [-0.1, -0.05) is 30.3 Å². The summed E-state index contributed by atoms with van der Waals surface area (Å²) < 4.78 is 7.45. The van der Waals surface area contributed by atoms with E-state index >= 15 is 0 Å². The zero-order valence-corrected chi connectivity index (χ0v) is 12.8. The van der Waals surface area contributed by atoms with Crippen LogP contribution in [0.4, 0.5) is 0 Å². The first-order valence-electron chi connectivity index (χ1n) is 7.32. The van der Waals surface area contributed by atoms with Gasteiger partial charge >= 0.3 is 0 Å². The van der Waals surface area contributed by atoms with Gasteiger partial charge in [0.2, 0.25) is 0 Å². The summed E-state index contributed by atoms with van der Waals surface area (Å²) in [6.45, 7) is 2.84. The van der Waals surface area contributed by atoms with E-state index in [9.17, 15) is 0 Å². The molecule has 1 aromatic carbocycles. The summed E-state index contributed by atoms with van der Waals surface area (Å²) in [6.07, 6.45) is 7.62. The van der Waals surface area contributed by atoms with Crippen LogP contribution in [-0.4, -0.2) is 27.7 Å². The van der Waals surface area contributed by atoms with Gasteiger partial charge in [-0.2, -0.15) is 0 Å². The number of methoxy groups -OCH3 is 1. The van der Waals surface area contributed by atoms with Crippen molar-refractivity contribution in [2.45, 2.75) is 19.6 Å². The Kier molecular flexibility index (Phi) is 4.30. The second-order valence-corrected chi connectivity index (χ2v) is 5.27.